The molecule has 1 atom stereocenters. The highest BCUT2D eigenvalue weighted by molar-refractivity contribution is 9.10. The van der Waals surface area contributed by atoms with Gasteiger partial charge in [-0.2, -0.15) is 0 Å². The summed E-state index contributed by atoms with van der Waals surface area (Å²) >= 11 is 3.59. The van der Waals surface area contributed by atoms with Gasteiger partial charge in [-0.05, 0) is 41.5 Å². The van der Waals surface area contributed by atoms with Gasteiger partial charge in [0.15, 0.2) is 0 Å². The van der Waals surface area contributed by atoms with Crippen molar-refractivity contribution in [1.82, 2.24) is 0 Å². The van der Waals surface area contributed by atoms with E-state index in [0.29, 0.717) is 0 Å². The maximum atomic E-state index is 6.02. The lowest BCUT2D eigenvalue weighted by Crippen LogP contribution is -2.06. The molecule has 3 rings (SSSR count). The Kier molecular flexibility index (Phi) is 3.64. The molecular weight excluding hydrogens is 314 g/mol. The molecule has 0 aliphatic rings. The van der Waals surface area contributed by atoms with E-state index >= 15 is 0 Å². The van der Waals surface area contributed by atoms with Gasteiger partial charge in [0.25, 0.3) is 0 Å². The van der Waals surface area contributed by atoms with Crippen LogP contribution in [0.4, 0.5) is 0 Å². The summed E-state index contributed by atoms with van der Waals surface area (Å²) in [6.07, 6.45) is 0.869. The molecule has 0 saturated heterocycles. The summed E-state index contributed by atoms with van der Waals surface area (Å²) in [4.78, 5) is 0. The number of furan rings is 1. The average Bonchev–Trinajstić information content (AvgIpc) is 2.97. The second-order valence-corrected chi connectivity index (χ2v) is 5.71. The number of rotatable bonds is 3. The predicted molar refractivity (Wildman–Crippen MR) is 86.6 cm³/mol. The first-order valence-corrected chi connectivity index (χ1v) is 7.53. The van der Waals surface area contributed by atoms with Crippen molar-refractivity contribution in [1.29, 1.82) is 0 Å². The minimum Gasteiger partial charge on any atom is -0.459 e. The molecule has 0 aliphatic carbocycles. The largest absolute Gasteiger partial charge is 0.459 e. The molecule has 0 spiro atoms. The fourth-order valence-corrected chi connectivity index (χ4v) is 2.85. The first-order valence-electron chi connectivity index (χ1n) is 6.73. The molecule has 102 valence electrons. The van der Waals surface area contributed by atoms with Crippen molar-refractivity contribution >= 4 is 26.7 Å². The summed E-state index contributed by atoms with van der Waals surface area (Å²) in [5.74, 6) is 1.71. The van der Waals surface area contributed by atoms with Gasteiger partial charge in [-0.3, -0.25) is 0 Å². The normalized spacial score (nSPS) is 12.8. The van der Waals surface area contributed by atoms with Crippen LogP contribution in [-0.4, -0.2) is 0 Å². The van der Waals surface area contributed by atoms with Crippen molar-refractivity contribution in [2.75, 3.05) is 0 Å². The highest BCUT2D eigenvalue weighted by atomic mass is 79.9. The topological polar surface area (TPSA) is 39.2 Å². The van der Waals surface area contributed by atoms with Crippen molar-refractivity contribution in [3.05, 3.63) is 58.8 Å². The molecule has 3 aromatic rings. The smallest absolute Gasteiger partial charge is 0.134 e. The van der Waals surface area contributed by atoms with E-state index in [2.05, 4.69) is 47.1 Å². The number of fused-ring (bicyclic) bond motifs is 1. The average molecular weight is 330 g/mol. The first kappa shape index (κ1) is 13.4. The van der Waals surface area contributed by atoms with Crippen LogP contribution < -0.4 is 5.73 Å². The van der Waals surface area contributed by atoms with Gasteiger partial charge in [-0.25, -0.2) is 0 Å². The van der Waals surface area contributed by atoms with Gasteiger partial charge in [0, 0.05) is 10.0 Å². The van der Waals surface area contributed by atoms with Gasteiger partial charge >= 0.3 is 0 Å². The predicted octanol–water partition coefficient (Wildman–Crippen LogP) is 5.27. The lowest BCUT2D eigenvalue weighted by Gasteiger charge is -2.07. The van der Waals surface area contributed by atoms with E-state index in [1.54, 1.807) is 0 Å². The Labute approximate surface area is 126 Å². The standard InChI is InChI=1S/C17H16BrNO/c1-2-15(19)17-10-9-16(20-17)13-7-8-14(18)12-6-4-3-5-11(12)13/h3-10,15H,2,19H2,1H3. The first-order chi connectivity index (χ1) is 9.70. The molecule has 0 amide bonds. The monoisotopic (exact) mass is 329 g/mol. The van der Waals surface area contributed by atoms with Crippen molar-refractivity contribution in [3.8, 4) is 11.3 Å². The van der Waals surface area contributed by atoms with Crippen LogP contribution in [0, 0.1) is 0 Å². The molecule has 20 heavy (non-hydrogen) atoms. The number of benzene rings is 2. The van der Waals surface area contributed by atoms with Gasteiger partial charge in [-0.1, -0.05) is 47.1 Å². The third-order valence-electron chi connectivity index (χ3n) is 3.57. The Morgan fingerprint density at radius 2 is 1.80 bits per heavy atom. The molecule has 0 saturated carbocycles. The molecule has 0 bridgehead atoms. The summed E-state index contributed by atoms with van der Waals surface area (Å²) in [5.41, 5.74) is 7.12. The third kappa shape index (κ3) is 2.28. The minimum atomic E-state index is -0.0366. The Morgan fingerprint density at radius 3 is 2.55 bits per heavy atom. The van der Waals surface area contributed by atoms with Crippen LogP contribution in [0.5, 0.6) is 0 Å². The van der Waals surface area contributed by atoms with Crippen molar-refractivity contribution in [2.45, 2.75) is 19.4 Å². The van der Waals surface area contributed by atoms with E-state index in [4.69, 9.17) is 10.2 Å². The SMILES string of the molecule is CCC(N)c1ccc(-c2ccc(Br)c3ccccc23)o1. The molecule has 0 aliphatic heterocycles. The molecule has 3 heteroatoms. The van der Waals surface area contributed by atoms with Crippen LogP contribution in [0.2, 0.25) is 0 Å². The maximum Gasteiger partial charge on any atom is 0.134 e. The lowest BCUT2D eigenvalue weighted by atomic mass is 10.0. The van der Waals surface area contributed by atoms with Gasteiger partial charge < -0.3 is 10.2 Å². The Bertz CT molecular complexity index is 748. The number of nitrogens with two attached hydrogens (primary N) is 1. The highest BCUT2D eigenvalue weighted by Gasteiger charge is 2.12. The molecule has 2 aromatic carbocycles. The van der Waals surface area contributed by atoms with Crippen LogP contribution >= 0.6 is 15.9 Å². The lowest BCUT2D eigenvalue weighted by molar-refractivity contribution is 0.470. The zero-order valence-corrected chi connectivity index (χ0v) is 12.9. The maximum absolute atomic E-state index is 6.02. The summed E-state index contributed by atoms with van der Waals surface area (Å²) in [6.45, 7) is 2.06. The van der Waals surface area contributed by atoms with Gasteiger partial charge in [-0.15, -0.1) is 0 Å². The Balaban J connectivity index is 2.15. The highest BCUT2D eigenvalue weighted by Crippen LogP contribution is 2.34. The van der Waals surface area contributed by atoms with E-state index in [1.165, 1.54) is 10.8 Å². The van der Waals surface area contributed by atoms with Crippen LogP contribution in [0.15, 0.2) is 57.4 Å². The quantitative estimate of drug-likeness (QED) is 0.710. The van der Waals surface area contributed by atoms with Crippen molar-refractivity contribution in [2.24, 2.45) is 5.73 Å². The Hall–Kier alpha value is -1.58. The van der Waals surface area contributed by atoms with Crippen molar-refractivity contribution in [3.63, 3.8) is 0 Å². The number of hydrogen-bond acceptors (Lipinski definition) is 2. The van der Waals surface area contributed by atoms with E-state index in [0.717, 1.165) is 28.0 Å². The molecule has 1 unspecified atom stereocenters. The van der Waals surface area contributed by atoms with Crippen LogP contribution in [0.1, 0.15) is 25.1 Å². The third-order valence-corrected chi connectivity index (χ3v) is 4.26. The molecular formula is C17H16BrNO. The Morgan fingerprint density at radius 1 is 1.05 bits per heavy atom. The second-order valence-electron chi connectivity index (χ2n) is 4.86. The summed E-state index contributed by atoms with van der Waals surface area (Å²) in [6, 6.07) is 16.4. The van der Waals surface area contributed by atoms with Crippen molar-refractivity contribution < 1.29 is 4.42 Å². The fourth-order valence-electron chi connectivity index (χ4n) is 2.38. The number of halogens is 1. The molecule has 1 aromatic heterocycles. The van der Waals surface area contributed by atoms with Crippen LogP contribution in [0.25, 0.3) is 22.1 Å². The molecule has 2 nitrogen and oxygen atoms in total. The fraction of sp³-hybridized carbons (Fsp3) is 0.176. The summed E-state index contributed by atoms with van der Waals surface area (Å²) in [7, 11) is 0. The minimum absolute atomic E-state index is 0.0366. The van der Waals surface area contributed by atoms with Gasteiger partial charge in [0.2, 0.25) is 0 Å². The molecule has 0 fully saturated rings. The van der Waals surface area contributed by atoms with E-state index < -0.39 is 0 Å². The van der Waals surface area contributed by atoms with Crippen LogP contribution in [0.3, 0.4) is 0 Å². The van der Waals surface area contributed by atoms with Gasteiger partial charge in [0.05, 0.1) is 6.04 Å². The van der Waals surface area contributed by atoms with E-state index in [9.17, 15) is 0 Å². The molecule has 0 radical (unpaired) electrons. The number of hydrogen-bond donors (Lipinski definition) is 1. The van der Waals surface area contributed by atoms with Crippen LogP contribution in [-0.2, 0) is 0 Å². The molecule has 1 heterocycles. The van der Waals surface area contributed by atoms with E-state index in [-0.39, 0.29) is 6.04 Å². The second kappa shape index (κ2) is 5.43. The zero-order chi connectivity index (χ0) is 14.1. The summed E-state index contributed by atoms with van der Waals surface area (Å²) in [5, 5.41) is 2.36. The van der Waals surface area contributed by atoms with Gasteiger partial charge in [0.1, 0.15) is 11.5 Å². The molecule has 2 N–H and O–H groups in total. The zero-order valence-electron chi connectivity index (χ0n) is 11.3. The van der Waals surface area contributed by atoms with E-state index in [1.807, 2.05) is 24.3 Å². The summed E-state index contributed by atoms with van der Waals surface area (Å²) < 4.78 is 7.02.